The summed E-state index contributed by atoms with van der Waals surface area (Å²) >= 11 is 0. The quantitative estimate of drug-likeness (QED) is 0.726. The van der Waals surface area contributed by atoms with E-state index in [1.807, 2.05) is 41.2 Å². The number of nitrogens with one attached hydrogen (secondary N) is 2. The number of aliphatic hydroxyl groups excluding tert-OH is 1. The molecule has 0 saturated carbocycles. The zero-order valence-electron chi connectivity index (χ0n) is 14.1. The molecule has 2 unspecified atom stereocenters. The lowest BCUT2D eigenvalue weighted by Crippen LogP contribution is -2.34. The molecule has 3 rings (SSSR count). The van der Waals surface area contributed by atoms with E-state index in [-0.39, 0.29) is 24.9 Å². The number of rotatable bonds is 6. The molecule has 25 heavy (non-hydrogen) atoms. The van der Waals surface area contributed by atoms with Crippen LogP contribution >= 0.6 is 12.4 Å². The Balaban J connectivity index is 0.00000225. The highest BCUT2D eigenvalue weighted by Gasteiger charge is 2.18. The molecular formula is C18H25ClN4O2. The van der Waals surface area contributed by atoms with Gasteiger partial charge >= 0.3 is 0 Å². The van der Waals surface area contributed by atoms with Crippen LogP contribution in [0.1, 0.15) is 34.9 Å². The molecule has 1 fully saturated rings. The van der Waals surface area contributed by atoms with E-state index in [0.29, 0.717) is 18.2 Å². The average Bonchev–Trinajstić information content (AvgIpc) is 3.11. The van der Waals surface area contributed by atoms with Gasteiger partial charge in [-0.25, -0.2) is 0 Å². The summed E-state index contributed by atoms with van der Waals surface area (Å²) in [4.78, 5) is 12.2. The highest BCUT2D eigenvalue weighted by Crippen LogP contribution is 2.15. The summed E-state index contributed by atoms with van der Waals surface area (Å²) in [5.74, 6) is -0.246. The van der Waals surface area contributed by atoms with Crippen LogP contribution in [0.5, 0.6) is 0 Å². The topological polar surface area (TPSA) is 79.2 Å². The SMILES string of the molecule is Cl.O=C(NCC(O)Cc1ccccc1)c1ccn(C2CCCNC2)n1. The van der Waals surface area contributed by atoms with Gasteiger partial charge in [-0.05, 0) is 31.0 Å². The van der Waals surface area contributed by atoms with E-state index in [0.717, 1.165) is 31.5 Å². The first-order valence-corrected chi connectivity index (χ1v) is 8.48. The Bertz CT molecular complexity index is 656. The van der Waals surface area contributed by atoms with E-state index in [4.69, 9.17) is 0 Å². The lowest BCUT2D eigenvalue weighted by atomic mass is 10.1. The van der Waals surface area contributed by atoms with Gasteiger partial charge in [-0.2, -0.15) is 5.10 Å². The number of benzene rings is 1. The summed E-state index contributed by atoms with van der Waals surface area (Å²) in [6.45, 7) is 2.15. The largest absolute Gasteiger partial charge is 0.391 e. The van der Waals surface area contributed by atoms with Crippen molar-refractivity contribution in [1.82, 2.24) is 20.4 Å². The van der Waals surface area contributed by atoms with Gasteiger partial charge in [0, 0.05) is 25.7 Å². The van der Waals surface area contributed by atoms with Crippen molar-refractivity contribution >= 4 is 18.3 Å². The van der Waals surface area contributed by atoms with Crippen LogP contribution in [0.2, 0.25) is 0 Å². The molecule has 1 amide bonds. The molecule has 0 spiro atoms. The zero-order chi connectivity index (χ0) is 16.8. The molecule has 7 heteroatoms. The molecular weight excluding hydrogens is 340 g/mol. The predicted molar refractivity (Wildman–Crippen MR) is 99.1 cm³/mol. The number of halogens is 1. The van der Waals surface area contributed by atoms with E-state index < -0.39 is 6.10 Å². The Morgan fingerprint density at radius 2 is 2.16 bits per heavy atom. The van der Waals surface area contributed by atoms with E-state index in [1.165, 1.54) is 0 Å². The molecule has 1 aliphatic heterocycles. The smallest absolute Gasteiger partial charge is 0.271 e. The van der Waals surface area contributed by atoms with Gasteiger partial charge in [0.15, 0.2) is 0 Å². The minimum absolute atomic E-state index is 0. The van der Waals surface area contributed by atoms with Crippen molar-refractivity contribution in [3.63, 3.8) is 0 Å². The summed E-state index contributed by atoms with van der Waals surface area (Å²) in [6.07, 6.45) is 3.96. The van der Waals surface area contributed by atoms with E-state index in [2.05, 4.69) is 15.7 Å². The number of hydrogen-bond donors (Lipinski definition) is 3. The average molecular weight is 365 g/mol. The van der Waals surface area contributed by atoms with Gasteiger partial charge in [-0.15, -0.1) is 12.4 Å². The molecule has 3 N–H and O–H groups in total. The summed E-state index contributed by atoms with van der Waals surface area (Å²) in [5.41, 5.74) is 1.45. The van der Waals surface area contributed by atoms with Gasteiger partial charge in [0.05, 0.1) is 12.1 Å². The highest BCUT2D eigenvalue weighted by atomic mass is 35.5. The number of carbonyl (C=O) groups is 1. The maximum Gasteiger partial charge on any atom is 0.271 e. The van der Waals surface area contributed by atoms with E-state index in [9.17, 15) is 9.90 Å². The molecule has 2 heterocycles. The molecule has 1 aromatic heterocycles. The van der Waals surface area contributed by atoms with Crippen LogP contribution in [0, 0.1) is 0 Å². The second kappa shape index (κ2) is 9.56. The number of aromatic nitrogens is 2. The molecule has 1 saturated heterocycles. The predicted octanol–water partition coefficient (Wildman–Crippen LogP) is 1.56. The maximum absolute atomic E-state index is 12.2. The Labute approximate surface area is 154 Å². The van der Waals surface area contributed by atoms with Gasteiger partial charge in [-0.1, -0.05) is 30.3 Å². The normalized spacial score (nSPS) is 18.2. The fraction of sp³-hybridized carbons (Fsp3) is 0.444. The molecule has 1 aromatic carbocycles. The lowest BCUT2D eigenvalue weighted by Gasteiger charge is -2.22. The van der Waals surface area contributed by atoms with Crippen LogP contribution < -0.4 is 10.6 Å². The van der Waals surface area contributed by atoms with Crippen LogP contribution in [0.4, 0.5) is 0 Å². The van der Waals surface area contributed by atoms with E-state index >= 15 is 0 Å². The Morgan fingerprint density at radius 1 is 1.36 bits per heavy atom. The molecule has 0 radical (unpaired) electrons. The van der Waals surface area contributed by atoms with Crippen LogP contribution in [-0.2, 0) is 6.42 Å². The van der Waals surface area contributed by atoms with Crippen molar-refractivity contribution in [2.45, 2.75) is 31.4 Å². The molecule has 2 atom stereocenters. The van der Waals surface area contributed by atoms with Gasteiger partial charge in [0.1, 0.15) is 5.69 Å². The number of nitrogens with zero attached hydrogens (tertiary/aromatic N) is 2. The Hall–Kier alpha value is -1.89. The first kappa shape index (κ1) is 19.4. The fourth-order valence-electron chi connectivity index (χ4n) is 2.98. The summed E-state index contributed by atoms with van der Waals surface area (Å²) < 4.78 is 1.86. The van der Waals surface area contributed by atoms with Crippen molar-refractivity contribution in [3.8, 4) is 0 Å². The standard InChI is InChI=1S/C18H24N4O2.ClH/c23-16(11-14-5-2-1-3-6-14)13-20-18(24)17-8-10-22(21-17)15-7-4-9-19-12-15;/h1-3,5-6,8,10,15-16,19,23H,4,7,9,11-13H2,(H,20,24);1H. The third kappa shape index (κ3) is 5.56. The van der Waals surface area contributed by atoms with Crippen molar-refractivity contribution < 1.29 is 9.90 Å². The van der Waals surface area contributed by atoms with Crippen LogP contribution in [0.3, 0.4) is 0 Å². The molecule has 2 aromatic rings. The van der Waals surface area contributed by atoms with Crippen molar-refractivity contribution in [2.24, 2.45) is 0 Å². The highest BCUT2D eigenvalue weighted by molar-refractivity contribution is 5.92. The van der Waals surface area contributed by atoms with Gasteiger partial charge < -0.3 is 15.7 Å². The number of hydrogen-bond acceptors (Lipinski definition) is 4. The summed E-state index contributed by atoms with van der Waals surface area (Å²) in [5, 5.41) is 20.5. The van der Waals surface area contributed by atoms with Crippen LogP contribution in [0.25, 0.3) is 0 Å². The van der Waals surface area contributed by atoms with Crippen molar-refractivity contribution in [3.05, 3.63) is 53.9 Å². The van der Waals surface area contributed by atoms with Crippen LogP contribution in [-0.4, -0.2) is 46.5 Å². The molecule has 1 aliphatic rings. The zero-order valence-corrected chi connectivity index (χ0v) is 14.9. The number of aliphatic hydroxyl groups is 1. The van der Waals surface area contributed by atoms with Crippen LogP contribution in [0.15, 0.2) is 42.6 Å². The van der Waals surface area contributed by atoms with Crippen molar-refractivity contribution in [1.29, 1.82) is 0 Å². The van der Waals surface area contributed by atoms with Crippen molar-refractivity contribution in [2.75, 3.05) is 19.6 Å². The monoisotopic (exact) mass is 364 g/mol. The maximum atomic E-state index is 12.2. The first-order chi connectivity index (χ1) is 11.7. The Kier molecular flexibility index (Phi) is 7.43. The van der Waals surface area contributed by atoms with Gasteiger partial charge in [0.2, 0.25) is 0 Å². The first-order valence-electron chi connectivity index (χ1n) is 8.48. The lowest BCUT2D eigenvalue weighted by molar-refractivity contribution is 0.0909. The molecule has 136 valence electrons. The summed E-state index contributed by atoms with van der Waals surface area (Å²) in [6, 6.07) is 11.8. The summed E-state index contributed by atoms with van der Waals surface area (Å²) in [7, 11) is 0. The second-order valence-electron chi connectivity index (χ2n) is 6.23. The molecule has 0 aliphatic carbocycles. The minimum atomic E-state index is -0.610. The second-order valence-corrected chi connectivity index (χ2v) is 6.23. The number of carbonyl (C=O) groups excluding carboxylic acids is 1. The fourth-order valence-corrected chi connectivity index (χ4v) is 2.98. The number of amides is 1. The molecule has 0 bridgehead atoms. The number of piperidine rings is 1. The van der Waals surface area contributed by atoms with Gasteiger partial charge in [0.25, 0.3) is 5.91 Å². The third-order valence-corrected chi connectivity index (χ3v) is 4.30. The van der Waals surface area contributed by atoms with E-state index in [1.54, 1.807) is 6.07 Å². The Morgan fingerprint density at radius 3 is 2.88 bits per heavy atom. The third-order valence-electron chi connectivity index (χ3n) is 4.30. The molecule has 6 nitrogen and oxygen atoms in total. The minimum Gasteiger partial charge on any atom is -0.391 e. The van der Waals surface area contributed by atoms with Gasteiger partial charge in [-0.3, -0.25) is 9.48 Å².